The summed E-state index contributed by atoms with van der Waals surface area (Å²) < 4.78 is 5.26. The van der Waals surface area contributed by atoms with Crippen LogP contribution in [0.15, 0.2) is 53.4 Å². The summed E-state index contributed by atoms with van der Waals surface area (Å²) in [6.07, 6.45) is 1.67. The van der Waals surface area contributed by atoms with E-state index < -0.39 is 0 Å². The van der Waals surface area contributed by atoms with Crippen molar-refractivity contribution < 1.29 is 14.3 Å². The summed E-state index contributed by atoms with van der Waals surface area (Å²) in [6, 6.07) is 13.9. The number of methoxy groups -OCH3 is 1. The van der Waals surface area contributed by atoms with Gasteiger partial charge in [-0.2, -0.15) is 0 Å². The molecule has 0 aliphatic carbocycles. The maximum atomic E-state index is 12.5. The van der Waals surface area contributed by atoms with Crippen LogP contribution in [-0.2, 0) is 4.79 Å². The number of hydrogen-bond acceptors (Lipinski definition) is 4. The number of thioether (sulfide) groups is 1. The Morgan fingerprint density at radius 1 is 1.09 bits per heavy atom. The van der Waals surface area contributed by atoms with Crippen LogP contribution in [0.1, 0.15) is 5.56 Å². The van der Waals surface area contributed by atoms with Gasteiger partial charge in [-0.15, -0.1) is 0 Å². The number of hydrogen-bond donors (Lipinski definition) is 0. The van der Waals surface area contributed by atoms with Crippen molar-refractivity contribution >= 4 is 46.3 Å². The Balaban J connectivity index is 1.95. The minimum atomic E-state index is -0.353. The third-order valence-corrected chi connectivity index (χ3v) is 4.43. The van der Waals surface area contributed by atoms with Crippen LogP contribution in [-0.4, -0.2) is 18.3 Å². The fourth-order valence-corrected chi connectivity index (χ4v) is 3.17. The van der Waals surface area contributed by atoms with E-state index in [2.05, 4.69) is 0 Å². The Kier molecular flexibility index (Phi) is 4.41. The summed E-state index contributed by atoms with van der Waals surface area (Å²) in [7, 11) is 1.56. The van der Waals surface area contributed by atoms with Gasteiger partial charge in [0.15, 0.2) is 0 Å². The number of rotatable bonds is 3. The summed E-state index contributed by atoms with van der Waals surface area (Å²) in [5, 5.41) is 0.212. The van der Waals surface area contributed by atoms with Crippen molar-refractivity contribution in [2.24, 2.45) is 0 Å². The van der Waals surface area contributed by atoms with Crippen LogP contribution in [0.5, 0.6) is 5.75 Å². The standard InChI is InChI=1S/C17H12ClNO3S/c1-22-14-5-3-2-4-11(14)10-15-16(20)19(17(21)23-15)13-8-6-12(18)7-9-13/h2-10H,1H3/b15-10+. The van der Waals surface area contributed by atoms with Crippen molar-refractivity contribution in [3.8, 4) is 5.75 Å². The lowest BCUT2D eigenvalue weighted by atomic mass is 10.2. The Morgan fingerprint density at radius 3 is 2.48 bits per heavy atom. The van der Waals surface area contributed by atoms with Crippen molar-refractivity contribution in [1.29, 1.82) is 0 Å². The quantitative estimate of drug-likeness (QED) is 0.763. The van der Waals surface area contributed by atoms with E-state index in [0.717, 1.165) is 22.2 Å². The zero-order chi connectivity index (χ0) is 16.4. The normalized spacial score (nSPS) is 16.3. The van der Waals surface area contributed by atoms with Crippen LogP contribution < -0.4 is 9.64 Å². The lowest BCUT2D eigenvalue weighted by molar-refractivity contribution is -0.113. The highest BCUT2D eigenvalue weighted by Crippen LogP contribution is 2.37. The van der Waals surface area contributed by atoms with Crippen molar-refractivity contribution in [3.63, 3.8) is 0 Å². The van der Waals surface area contributed by atoms with E-state index >= 15 is 0 Å². The van der Waals surface area contributed by atoms with Crippen LogP contribution in [0.2, 0.25) is 5.02 Å². The first-order chi connectivity index (χ1) is 11.1. The molecule has 0 atom stereocenters. The number of carbonyl (C=O) groups is 2. The SMILES string of the molecule is COc1ccccc1/C=C1/SC(=O)N(c2ccc(Cl)cc2)C1=O. The first-order valence-electron chi connectivity index (χ1n) is 6.76. The molecule has 4 nitrogen and oxygen atoms in total. The van der Waals surface area contributed by atoms with Crippen LogP contribution in [0.3, 0.4) is 0 Å². The molecule has 0 bridgehead atoms. The molecule has 116 valence electrons. The average Bonchev–Trinajstić information content (AvgIpc) is 2.83. The highest BCUT2D eigenvalue weighted by atomic mass is 35.5. The molecule has 0 unspecified atom stereocenters. The molecule has 0 aromatic heterocycles. The van der Waals surface area contributed by atoms with Crippen LogP contribution in [0.4, 0.5) is 10.5 Å². The Bertz CT molecular complexity index is 802. The molecule has 0 spiro atoms. The molecule has 3 rings (SSSR count). The van der Waals surface area contributed by atoms with Gasteiger partial charge in [0.1, 0.15) is 5.75 Å². The summed E-state index contributed by atoms with van der Waals surface area (Å²) in [4.78, 5) is 26.2. The minimum absolute atomic E-state index is 0.335. The number of anilines is 1. The molecule has 1 heterocycles. The second-order valence-corrected chi connectivity index (χ2v) is 6.17. The number of para-hydroxylation sites is 1. The molecule has 0 N–H and O–H groups in total. The van der Waals surface area contributed by atoms with Gasteiger partial charge in [-0.1, -0.05) is 29.8 Å². The van der Waals surface area contributed by atoms with Gasteiger partial charge in [-0.25, -0.2) is 4.90 Å². The third-order valence-electron chi connectivity index (χ3n) is 3.30. The number of carbonyl (C=O) groups excluding carboxylic acids is 2. The van der Waals surface area contributed by atoms with Gasteiger partial charge in [-0.05, 0) is 48.2 Å². The lowest BCUT2D eigenvalue weighted by Gasteiger charge is -2.12. The summed E-state index contributed by atoms with van der Waals surface area (Å²) in [6.45, 7) is 0. The van der Waals surface area contributed by atoms with Gasteiger partial charge in [0.25, 0.3) is 11.1 Å². The number of imide groups is 1. The zero-order valence-electron chi connectivity index (χ0n) is 12.2. The summed E-state index contributed by atoms with van der Waals surface area (Å²) in [5.41, 5.74) is 1.25. The molecule has 2 aromatic carbocycles. The Morgan fingerprint density at radius 2 is 1.78 bits per heavy atom. The third kappa shape index (κ3) is 3.11. The maximum absolute atomic E-state index is 12.5. The maximum Gasteiger partial charge on any atom is 0.298 e. The van der Waals surface area contributed by atoms with Crippen molar-refractivity contribution in [3.05, 3.63) is 64.0 Å². The van der Waals surface area contributed by atoms with Gasteiger partial charge in [0.05, 0.1) is 17.7 Å². The van der Waals surface area contributed by atoms with Crippen LogP contribution in [0, 0.1) is 0 Å². The predicted molar refractivity (Wildman–Crippen MR) is 92.9 cm³/mol. The monoisotopic (exact) mass is 345 g/mol. The predicted octanol–water partition coefficient (Wildman–Crippen LogP) is 4.59. The largest absolute Gasteiger partial charge is 0.496 e. The number of nitrogens with zero attached hydrogens (tertiary/aromatic N) is 1. The van der Waals surface area contributed by atoms with E-state index in [4.69, 9.17) is 16.3 Å². The average molecular weight is 346 g/mol. The molecular formula is C17H12ClNO3S. The molecule has 23 heavy (non-hydrogen) atoms. The number of ether oxygens (including phenoxy) is 1. The second-order valence-electron chi connectivity index (χ2n) is 4.74. The number of benzene rings is 2. The van der Waals surface area contributed by atoms with Crippen LogP contribution in [0.25, 0.3) is 6.08 Å². The van der Waals surface area contributed by atoms with Crippen molar-refractivity contribution in [2.45, 2.75) is 0 Å². The zero-order valence-corrected chi connectivity index (χ0v) is 13.7. The number of halogens is 1. The molecule has 1 fully saturated rings. The first kappa shape index (κ1) is 15.6. The molecule has 0 radical (unpaired) electrons. The highest BCUT2D eigenvalue weighted by Gasteiger charge is 2.36. The van der Waals surface area contributed by atoms with E-state index in [1.807, 2.05) is 18.2 Å². The molecular weight excluding hydrogens is 334 g/mol. The summed E-state index contributed by atoms with van der Waals surface area (Å²) in [5.74, 6) is 0.291. The topological polar surface area (TPSA) is 46.6 Å². The summed E-state index contributed by atoms with van der Waals surface area (Å²) >= 11 is 6.75. The molecule has 1 saturated heterocycles. The van der Waals surface area contributed by atoms with Gasteiger partial charge in [0, 0.05) is 10.6 Å². The highest BCUT2D eigenvalue weighted by molar-refractivity contribution is 8.19. The van der Waals surface area contributed by atoms with Crippen LogP contribution >= 0.6 is 23.4 Å². The smallest absolute Gasteiger partial charge is 0.298 e. The molecule has 6 heteroatoms. The van der Waals surface area contributed by atoms with E-state index in [1.165, 1.54) is 0 Å². The number of amides is 2. The van der Waals surface area contributed by atoms with Gasteiger partial charge >= 0.3 is 0 Å². The minimum Gasteiger partial charge on any atom is -0.496 e. The van der Waals surface area contributed by atoms with Gasteiger partial charge < -0.3 is 4.74 Å². The first-order valence-corrected chi connectivity index (χ1v) is 7.96. The van der Waals surface area contributed by atoms with Gasteiger partial charge in [-0.3, -0.25) is 9.59 Å². The molecule has 1 aliphatic rings. The lowest BCUT2D eigenvalue weighted by Crippen LogP contribution is -2.27. The molecule has 2 amide bonds. The molecule has 2 aromatic rings. The second kappa shape index (κ2) is 6.48. The van der Waals surface area contributed by atoms with E-state index in [1.54, 1.807) is 43.5 Å². The molecule has 0 saturated carbocycles. The molecule has 1 aliphatic heterocycles. The van der Waals surface area contributed by atoms with Crippen molar-refractivity contribution in [1.82, 2.24) is 0 Å². The van der Waals surface area contributed by atoms with Gasteiger partial charge in [0.2, 0.25) is 0 Å². The van der Waals surface area contributed by atoms with E-state index in [9.17, 15) is 9.59 Å². The fourth-order valence-electron chi connectivity index (χ4n) is 2.21. The van der Waals surface area contributed by atoms with E-state index in [0.29, 0.717) is 21.4 Å². The Labute approximate surface area is 142 Å². The van der Waals surface area contributed by atoms with E-state index in [-0.39, 0.29) is 11.1 Å². The Hall–Kier alpha value is -2.24. The van der Waals surface area contributed by atoms with Crippen molar-refractivity contribution in [2.75, 3.05) is 12.0 Å². The fraction of sp³-hybridized carbons (Fsp3) is 0.0588.